The first-order valence-electron chi connectivity index (χ1n) is 6.00. The highest BCUT2D eigenvalue weighted by molar-refractivity contribution is 5.79. The average molecular weight is 237 g/mol. The fraction of sp³-hybridized carbons (Fsp3) is 0.700. The van der Waals surface area contributed by atoms with Crippen molar-refractivity contribution in [2.45, 2.75) is 44.7 Å². The van der Waals surface area contributed by atoms with E-state index in [-0.39, 0.29) is 0 Å². The molecule has 0 aromatic carbocycles. The summed E-state index contributed by atoms with van der Waals surface area (Å²) in [6, 6.07) is 0.480. The van der Waals surface area contributed by atoms with Crippen LogP contribution in [-0.2, 0) is 6.54 Å². The number of nitrogens with two attached hydrogens (primary N) is 1. The van der Waals surface area contributed by atoms with Crippen molar-refractivity contribution < 1.29 is 0 Å². The van der Waals surface area contributed by atoms with Gasteiger partial charge >= 0.3 is 0 Å². The van der Waals surface area contributed by atoms with Crippen LogP contribution in [0.25, 0.3) is 0 Å². The molecule has 5 N–H and O–H groups in total. The van der Waals surface area contributed by atoms with Crippen LogP contribution in [-0.4, -0.2) is 27.2 Å². The van der Waals surface area contributed by atoms with Crippen molar-refractivity contribution in [2.75, 3.05) is 0 Å². The summed E-state index contributed by atoms with van der Waals surface area (Å²) in [6.45, 7) is 0.444. The number of rotatable bonds is 3. The van der Waals surface area contributed by atoms with Gasteiger partial charge in [-0.05, 0) is 12.8 Å². The Balaban J connectivity index is 1.84. The molecule has 0 radical (unpaired) electrons. The summed E-state index contributed by atoms with van der Waals surface area (Å²) in [5.41, 5.74) is 2.59. The summed E-state index contributed by atoms with van der Waals surface area (Å²) in [6.07, 6.45) is 7.72. The Morgan fingerprint density at radius 3 is 2.94 bits per heavy atom. The Kier molecular flexibility index (Phi) is 4.31. The molecule has 1 aliphatic carbocycles. The minimum atomic E-state index is 0.444. The number of hydrazine groups is 1. The van der Waals surface area contributed by atoms with Gasteiger partial charge in [-0.25, -0.2) is 15.8 Å². The molecule has 94 valence electrons. The molecular weight excluding hydrogens is 218 g/mol. The summed E-state index contributed by atoms with van der Waals surface area (Å²) >= 11 is 0. The molecule has 1 aromatic heterocycles. The van der Waals surface area contributed by atoms with E-state index >= 15 is 0 Å². The molecule has 17 heavy (non-hydrogen) atoms. The molecule has 1 heterocycles. The highest BCUT2D eigenvalue weighted by atomic mass is 15.3. The number of hydrogen-bond acceptors (Lipinski definition) is 4. The zero-order valence-corrected chi connectivity index (χ0v) is 9.82. The van der Waals surface area contributed by atoms with E-state index in [1.807, 2.05) is 0 Å². The van der Waals surface area contributed by atoms with Gasteiger partial charge in [0.05, 0.1) is 0 Å². The number of guanidine groups is 1. The summed E-state index contributed by atoms with van der Waals surface area (Å²) in [4.78, 5) is 8.31. The van der Waals surface area contributed by atoms with Crippen LogP contribution in [0.3, 0.4) is 0 Å². The number of aliphatic imine (C=N–C) groups is 1. The molecule has 1 aliphatic rings. The zero-order valence-electron chi connectivity index (χ0n) is 9.82. The van der Waals surface area contributed by atoms with Gasteiger partial charge < -0.3 is 5.32 Å². The smallest absolute Gasteiger partial charge is 0.206 e. The molecular formula is C10H19N7. The Morgan fingerprint density at radius 2 is 2.29 bits per heavy atom. The van der Waals surface area contributed by atoms with Crippen LogP contribution in [0.4, 0.5) is 0 Å². The third-order valence-corrected chi connectivity index (χ3v) is 2.93. The van der Waals surface area contributed by atoms with Gasteiger partial charge in [0.2, 0.25) is 5.96 Å². The molecule has 1 saturated carbocycles. The topological polar surface area (TPSA) is 104 Å². The lowest BCUT2D eigenvalue weighted by Crippen LogP contribution is -2.47. The molecule has 0 spiro atoms. The average Bonchev–Trinajstić information content (AvgIpc) is 2.89. The van der Waals surface area contributed by atoms with Gasteiger partial charge in [-0.3, -0.25) is 10.5 Å². The second-order valence-corrected chi connectivity index (χ2v) is 4.22. The molecule has 0 aliphatic heterocycles. The first kappa shape index (κ1) is 11.8. The summed E-state index contributed by atoms with van der Waals surface area (Å²) in [5, 5.41) is 9.84. The third-order valence-electron chi connectivity index (χ3n) is 2.93. The van der Waals surface area contributed by atoms with Crippen molar-refractivity contribution in [3.8, 4) is 0 Å². The van der Waals surface area contributed by atoms with E-state index in [9.17, 15) is 0 Å². The quantitative estimate of drug-likeness (QED) is 0.257. The van der Waals surface area contributed by atoms with E-state index in [0.29, 0.717) is 18.5 Å². The lowest BCUT2D eigenvalue weighted by Gasteiger charge is -2.24. The van der Waals surface area contributed by atoms with Crippen molar-refractivity contribution in [1.82, 2.24) is 25.9 Å². The molecule has 1 fully saturated rings. The second kappa shape index (κ2) is 6.19. The maximum Gasteiger partial charge on any atom is 0.206 e. The number of hydrogen-bond donors (Lipinski definition) is 4. The maximum absolute atomic E-state index is 5.44. The van der Waals surface area contributed by atoms with Crippen molar-refractivity contribution in [3.05, 3.63) is 12.2 Å². The zero-order chi connectivity index (χ0) is 11.9. The highest BCUT2D eigenvalue weighted by Crippen LogP contribution is 2.17. The van der Waals surface area contributed by atoms with Crippen molar-refractivity contribution in [3.63, 3.8) is 0 Å². The molecule has 1 aromatic rings. The van der Waals surface area contributed by atoms with Crippen molar-refractivity contribution in [1.29, 1.82) is 0 Å². The molecule has 0 unspecified atom stereocenters. The Labute approximate surface area is 100 Å². The van der Waals surface area contributed by atoms with Gasteiger partial charge in [0, 0.05) is 6.04 Å². The van der Waals surface area contributed by atoms with Gasteiger partial charge in [0.25, 0.3) is 0 Å². The third kappa shape index (κ3) is 3.70. The molecule has 0 atom stereocenters. The second-order valence-electron chi connectivity index (χ2n) is 4.22. The molecule has 7 nitrogen and oxygen atoms in total. The number of aromatic nitrogens is 3. The Hall–Kier alpha value is -1.63. The number of nitrogens with zero attached hydrogens (tertiary/aromatic N) is 3. The van der Waals surface area contributed by atoms with Crippen LogP contribution < -0.4 is 16.6 Å². The number of H-pyrrole nitrogens is 1. The van der Waals surface area contributed by atoms with Gasteiger partial charge in [-0.1, -0.05) is 19.3 Å². The Bertz CT molecular complexity index is 340. The van der Waals surface area contributed by atoms with Crippen LogP contribution in [0.1, 0.15) is 37.9 Å². The summed E-state index contributed by atoms with van der Waals surface area (Å²) in [5.74, 6) is 6.78. The van der Waals surface area contributed by atoms with E-state index in [1.165, 1.54) is 38.4 Å². The number of aromatic amines is 1. The molecule has 2 rings (SSSR count). The van der Waals surface area contributed by atoms with Crippen LogP contribution in [0.15, 0.2) is 11.3 Å². The van der Waals surface area contributed by atoms with Crippen LogP contribution in [0, 0.1) is 0 Å². The fourth-order valence-corrected chi connectivity index (χ4v) is 2.03. The SMILES string of the molecule is NNC(=NCc1ncn[nH]1)NC1CCCCC1. The van der Waals surface area contributed by atoms with Crippen molar-refractivity contribution in [2.24, 2.45) is 10.8 Å². The van der Waals surface area contributed by atoms with Gasteiger partial charge in [0.1, 0.15) is 18.7 Å². The van der Waals surface area contributed by atoms with Crippen LogP contribution in [0.5, 0.6) is 0 Å². The lowest BCUT2D eigenvalue weighted by atomic mass is 9.96. The predicted molar refractivity (Wildman–Crippen MR) is 64.9 cm³/mol. The van der Waals surface area contributed by atoms with E-state index in [1.54, 1.807) is 0 Å². The Morgan fingerprint density at radius 1 is 1.47 bits per heavy atom. The van der Waals surface area contributed by atoms with E-state index in [0.717, 1.165) is 5.82 Å². The minimum absolute atomic E-state index is 0.444. The first-order valence-corrected chi connectivity index (χ1v) is 6.00. The molecule has 7 heteroatoms. The van der Waals surface area contributed by atoms with Gasteiger partial charge in [-0.15, -0.1) is 0 Å². The van der Waals surface area contributed by atoms with Gasteiger partial charge in [0.15, 0.2) is 0 Å². The predicted octanol–water partition coefficient (Wildman–Crippen LogP) is 0.0463. The van der Waals surface area contributed by atoms with E-state index < -0.39 is 0 Å². The number of nitrogens with one attached hydrogen (secondary N) is 3. The standard InChI is InChI=1S/C10H19N7/c11-16-10(12-6-9-13-7-14-17-9)15-8-4-2-1-3-5-8/h7-8H,1-6,11H2,(H2,12,15,16)(H,13,14,17). The normalized spacial score (nSPS) is 18.1. The van der Waals surface area contributed by atoms with Crippen molar-refractivity contribution >= 4 is 5.96 Å². The first-order chi connectivity index (χ1) is 8.38. The van der Waals surface area contributed by atoms with Gasteiger partial charge in [-0.2, -0.15) is 5.10 Å². The minimum Gasteiger partial charge on any atom is -0.353 e. The lowest BCUT2D eigenvalue weighted by molar-refractivity contribution is 0.410. The van der Waals surface area contributed by atoms with E-state index in [2.05, 4.69) is 30.9 Å². The van der Waals surface area contributed by atoms with E-state index in [4.69, 9.17) is 5.84 Å². The summed E-state index contributed by atoms with van der Waals surface area (Å²) in [7, 11) is 0. The maximum atomic E-state index is 5.44. The van der Waals surface area contributed by atoms with Crippen LogP contribution in [0.2, 0.25) is 0 Å². The molecule has 0 saturated heterocycles. The molecule has 0 amide bonds. The largest absolute Gasteiger partial charge is 0.353 e. The van der Waals surface area contributed by atoms with Crippen LogP contribution >= 0.6 is 0 Å². The molecule has 0 bridgehead atoms. The monoisotopic (exact) mass is 237 g/mol. The fourth-order valence-electron chi connectivity index (χ4n) is 2.03. The summed E-state index contributed by atoms with van der Waals surface area (Å²) < 4.78 is 0. The highest BCUT2D eigenvalue weighted by Gasteiger charge is 2.14.